The molecule has 1 aliphatic heterocycles. The van der Waals surface area contributed by atoms with Crippen molar-refractivity contribution in [3.63, 3.8) is 0 Å². The number of carbonyl (C=O) groups is 4. The number of rotatable bonds is 13. The first kappa shape index (κ1) is 29.9. The van der Waals surface area contributed by atoms with Gasteiger partial charge in [-0.15, -0.1) is 0 Å². The van der Waals surface area contributed by atoms with Gasteiger partial charge in [0.15, 0.2) is 5.78 Å². The average Bonchev–Trinajstić information content (AvgIpc) is 2.94. The maximum atomic E-state index is 12.9. The van der Waals surface area contributed by atoms with Gasteiger partial charge in [-0.25, -0.2) is 4.79 Å². The number of hydrogen-bond acceptors (Lipinski definition) is 5. The van der Waals surface area contributed by atoms with Crippen LogP contribution >= 0.6 is 0 Å². The monoisotopic (exact) mass is 481 g/mol. The largest absolute Gasteiger partial charge is 0.345 e. The molecule has 0 saturated carbocycles. The minimum atomic E-state index is -0.508. The van der Waals surface area contributed by atoms with E-state index in [-0.39, 0.29) is 46.9 Å². The fourth-order valence-corrected chi connectivity index (χ4v) is 4.75. The van der Waals surface area contributed by atoms with E-state index in [4.69, 9.17) is 0 Å². The van der Waals surface area contributed by atoms with Crippen LogP contribution in [0.3, 0.4) is 0 Å². The normalized spacial score (nSPS) is 22.3. The van der Waals surface area contributed by atoms with E-state index in [0.29, 0.717) is 32.6 Å². The van der Waals surface area contributed by atoms with E-state index in [0.717, 1.165) is 6.42 Å². The van der Waals surface area contributed by atoms with Crippen molar-refractivity contribution in [3.8, 4) is 0 Å². The average molecular weight is 482 g/mol. The van der Waals surface area contributed by atoms with Crippen LogP contribution in [0.2, 0.25) is 0 Å². The Balaban J connectivity index is 2.48. The number of ketones is 1. The topological polar surface area (TPSA) is 111 Å². The van der Waals surface area contributed by atoms with Crippen LogP contribution in [0, 0.1) is 17.3 Å². The lowest BCUT2D eigenvalue weighted by Gasteiger charge is -2.32. The molecule has 3 unspecified atom stereocenters. The highest BCUT2D eigenvalue weighted by molar-refractivity contribution is 5.90. The number of likely N-dealkylation sites (N-methyl/N-ethyl adjacent to an activating group) is 1. The summed E-state index contributed by atoms with van der Waals surface area (Å²) in [5.74, 6) is -0.0504. The lowest BCUT2D eigenvalue weighted by Crippen LogP contribution is -2.55. The van der Waals surface area contributed by atoms with Crippen LogP contribution in [-0.4, -0.2) is 84.8 Å². The van der Waals surface area contributed by atoms with Gasteiger partial charge in [-0.3, -0.25) is 19.3 Å². The van der Waals surface area contributed by atoms with E-state index in [1.54, 1.807) is 0 Å². The van der Waals surface area contributed by atoms with E-state index >= 15 is 0 Å². The Morgan fingerprint density at radius 2 is 1.71 bits per heavy atom. The molecule has 0 aliphatic carbocycles. The van der Waals surface area contributed by atoms with Gasteiger partial charge < -0.3 is 20.9 Å². The second kappa shape index (κ2) is 13.1. The Labute approximate surface area is 205 Å². The van der Waals surface area contributed by atoms with Crippen LogP contribution < -0.4 is 16.0 Å². The molecular formula is C25H47N5O4. The summed E-state index contributed by atoms with van der Waals surface area (Å²) in [6, 6.07) is -1.07. The molecule has 1 saturated heterocycles. The molecule has 1 heterocycles. The predicted octanol–water partition coefficient (Wildman–Crippen LogP) is 2.01. The van der Waals surface area contributed by atoms with Crippen molar-refractivity contribution in [1.82, 2.24) is 25.8 Å². The smallest absolute Gasteiger partial charge is 0.314 e. The SMILES string of the molecule is CCC1(C)CC(=O)N(CCNC(=O)NCCN(C)C(C(=O)N[C@H](C(C)=O)C(C)C)C(C)C)C1C. The quantitative estimate of drug-likeness (QED) is 0.373. The zero-order valence-electron chi connectivity index (χ0n) is 22.7. The van der Waals surface area contributed by atoms with E-state index in [1.807, 2.05) is 44.5 Å². The van der Waals surface area contributed by atoms with Gasteiger partial charge in [0.05, 0.1) is 12.1 Å². The fourth-order valence-electron chi connectivity index (χ4n) is 4.75. The van der Waals surface area contributed by atoms with Gasteiger partial charge in [-0.05, 0) is 44.6 Å². The van der Waals surface area contributed by atoms with Gasteiger partial charge in [0.2, 0.25) is 11.8 Å². The van der Waals surface area contributed by atoms with E-state index in [1.165, 1.54) is 6.92 Å². The molecule has 9 nitrogen and oxygen atoms in total. The fraction of sp³-hybridized carbons (Fsp3) is 0.840. The van der Waals surface area contributed by atoms with Gasteiger partial charge >= 0.3 is 6.03 Å². The highest BCUT2D eigenvalue weighted by atomic mass is 16.2. The second-order valence-electron chi connectivity index (χ2n) is 10.6. The Morgan fingerprint density at radius 3 is 2.18 bits per heavy atom. The van der Waals surface area contributed by atoms with Gasteiger partial charge in [-0.2, -0.15) is 0 Å². The van der Waals surface area contributed by atoms with Crippen molar-refractivity contribution in [1.29, 1.82) is 0 Å². The molecule has 0 aromatic heterocycles. The van der Waals surface area contributed by atoms with Gasteiger partial charge in [0.1, 0.15) is 0 Å². The molecule has 1 rings (SSSR count). The molecule has 4 atom stereocenters. The molecule has 196 valence electrons. The third kappa shape index (κ3) is 7.96. The first-order valence-electron chi connectivity index (χ1n) is 12.6. The third-order valence-electron chi connectivity index (χ3n) is 7.32. The zero-order valence-corrected chi connectivity index (χ0v) is 22.7. The molecule has 1 aliphatic rings. The van der Waals surface area contributed by atoms with Crippen LogP contribution in [0.25, 0.3) is 0 Å². The minimum absolute atomic E-state index is 0.0111. The van der Waals surface area contributed by atoms with Crippen molar-refractivity contribution < 1.29 is 19.2 Å². The first-order valence-corrected chi connectivity index (χ1v) is 12.6. The molecule has 9 heteroatoms. The van der Waals surface area contributed by atoms with Crippen molar-refractivity contribution in [2.45, 2.75) is 86.4 Å². The molecule has 4 amide bonds. The summed E-state index contributed by atoms with van der Waals surface area (Å²) in [6.07, 6.45) is 1.50. The molecule has 0 aromatic carbocycles. The van der Waals surface area contributed by atoms with Gasteiger partial charge in [-0.1, -0.05) is 41.5 Å². The Hall–Kier alpha value is -2.16. The molecular weight excluding hydrogens is 434 g/mol. The third-order valence-corrected chi connectivity index (χ3v) is 7.32. The lowest BCUT2D eigenvalue weighted by atomic mass is 9.81. The number of hydrogen-bond donors (Lipinski definition) is 3. The molecule has 0 aromatic rings. The van der Waals surface area contributed by atoms with Crippen LogP contribution in [0.1, 0.15) is 68.2 Å². The van der Waals surface area contributed by atoms with Crippen molar-refractivity contribution >= 4 is 23.6 Å². The van der Waals surface area contributed by atoms with Crippen LogP contribution in [0.15, 0.2) is 0 Å². The van der Waals surface area contributed by atoms with Crippen LogP contribution in [0.5, 0.6) is 0 Å². The van der Waals surface area contributed by atoms with Crippen molar-refractivity contribution in [2.24, 2.45) is 17.3 Å². The lowest BCUT2D eigenvalue weighted by molar-refractivity contribution is -0.132. The number of likely N-dealkylation sites (tertiary alicyclic amines) is 1. The van der Waals surface area contributed by atoms with Crippen molar-refractivity contribution in [3.05, 3.63) is 0 Å². The Morgan fingerprint density at radius 1 is 1.12 bits per heavy atom. The molecule has 0 bridgehead atoms. The van der Waals surface area contributed by atoms with E-state index in [9.17, 15) is 19.2 Å². The highest BCUT2D eigenvalue weighted by Crippen LogP contribution is 2.39. The van der Waals surface area contributed by atoms with E-state index in [2.05, 4.69) is 36.7 Å². The number of Topliss-reactive ketones (excluding diaryl/α,β-unsaturated/α-hetero) is 1. The maximum absolute atomic E-state index is 12.9. The Bertz CT molecular complexity index is 726. The summed E-state index contributed by atoms with van der Waals surface area (Å²) in [6.45, 7) is 17.3. The summed E-state index contributed by atoms with van der Waals surface area (Å²) in [5, 5.41) is 8.52. The summed E-state index contributed by atoms with van der Waals surface area (Å²) >= 11 is 0. The molecule has 1 fully saturated rings. The number of nitrogens with one attached hydrogen (secondary N) is 3. The Kier molecular flexibility index (Phi) is 11.5. The summed E-state index contributed by atoms with van der Waals surface area (Å²) in [5.41, 5.74) is -0.0111. The standard InChI is InChI=1S/C25H47N5O4/c1-10-25(8)15-20(32)30(19(25)7)14-12-27-24(34)26-11-13-29(9)22(17(4)5)23(33)28-21(16(2)3)18(6)31/h16-17,19,21-22H,10-15H2,1-9H3,(H,28,33)(H2,26,27,34)/t19?,21-,22?,25?/m0/s1. The van der Waals surface area contributed by atoms with E-state index < -0.39 is 12.1 Å². The minimum Gasteiger partial charge on any atom is -0.345 e. The van der Waals surface area contributed by atoms with Crippen molar-refractivity contribution in [2.75, 3.05) is 33.2 Å². The molecule has 0 spiro atoms. The zero-order chi connectivity index (χ0) is 26.2. The molecule has 3 N–H and O–H groups in total. The van der Waals surface area contributed by atoms with Gasteiger partial charge in [0.25, 0.3) is 0 Å². The number of urea groups is 1. The van der Waals surface area contributed by atoms with Crippen LogP contribution in [-0.2, 0) is 14.4 Å². The highest BCUT2D eigenvalue weighted by Gasteiger charge is 2.44. The van der Waals surface area contributed by atoms with Crippen LogP contribution in [0.4, 0.5) is 4.79 Å². The summed E-state index contributed by atoms with van der Waals surface area (Å²) in [4.78, 5) is 53.1. The maximum Gasteiger partial charge on any atom is 0.314 e. The number of nitrogens with zero attached hydrogens (tertiary/aromatic N) is 2. The molecule has 34 heavy (non-hydrogen) atoms. The second-order valence-corrected chi connectivity index (χ2v) is 10.6. The summed E-state index contributed by atoms with van der Waals surface area (Å²) < 4.78 is 0. The first-order chi connectivity index (χ1) is 15.7. The number of carbonyl (C=O) groups excluding carboxylic acids is 4. The summed E-state index contributed by atoms with van der Waals surface area (Å²) in [7, 11) is 1.84. The predicted molar refractivity (Wildman–Crippen MR) is 134 cm³/mol. The van der Waals surface area contributed by atoms with Gasteiger partial charge in [0, 0.05) is 38.6 Å². The molecule has 0 radical (unpaired) electrons. The number of amides is 4.